The molecule has 2 aliphatic rings. The van der Waals surface area contributed by atoms with Crippen molar-refractivity contribution in [3.05, 3.63) is 45.8 Å². The molecule has 182 valence electrons. The lowest BCUT2D eigenvalue weighted by atomic mass is 9.97. The van der Waals surface area contributed by atoms with Crippen LogP contribution >= 0.6 is 0 Å². The number of para-hydroxylation sites is 1. The summed E-state index contributed by atoms with van der Waals surface area (Å²) in [5.74, 6) is 0.328. The highest BCUT2D eigenvalue weighted by Crippen LogP contribution is 2.37. The van der Waals surface area contributed by atoms with Crippen molar-refractivity contribution < 1.29 is 14.5 Å². The molecule has 0 radical (unpaired) electrons. The van der Waals surface area contributed by atoms with Crippen LogP contribution < -0.4 is 14.7 Å². The zero-order valence-corrected chi connectivity index (χ0v) is 20.1. The van der Waals surface area contributed by atoms with E-state index >= 15 is 0 Å². The molecule has 0 atom stereocenters. The quantitative estimate of drug-likeness (QED) is 0.359. The molecule has 4 rings (SSSR count). The molecule has 34 heavy (non-hydrogen) atoms. The molecular weight excluding hydrogens is 436 g/mol. The van der Waals surface area contributed by atoms with Crippen molar-refractivity contribution in [2.75, 3.05) is 60.6 Å². The molecule has 2 saturated heterocycles. The van der Waals surface area contributed by atoms with Crippen LogP contribution in [0.3, 0.4) is 0 Å². The van der Waals surface area contributed by atoms with Crippen LogP contribution in [0.4, 0.5) is 23.0 Å². The molecule has 0 aliphatic carbocycles. The van der Waals surface area contributed by atoms with E-state index in [0.717, 1.165) is 13.1 Å². The van der Waals surface area contributed by atoms with Crippen molar-refractivity contribution in [3.63, 3.8) is 0 Å². The van der Waals surface area contributed by atoms with Crippen molar-refractivity contribution in [1.82, 2.24) is 9.97 Å². The number of rotatable bonds is 6. The normalized spacial score (nSPS) is 17.1. The Kier molecular flexibility index (Phi) is 7.14. The van der Waals surface area contributed by atoms with Gasteiger partial charge in [0.15, 0.2) is 0 Å². The Labute approximate surface area is 199 Å². The highest BCUT2D eigenvalue weighted by atomic mass is 16.6. The van der Waals surface area contributed by atoms with Gasteiger partial charge in [0.2, 0.25) is 11.6 Å². The van der Waals surface area contributed by atoms with E-state index in [2.05, 4.69) is 46.9 Å². The van der Waals surface area contributed by atoms with E-state index < -0.39 is 0 Å². The summed E-state index contributed by atoms with van der Waals surface area (Å²) in [4.78, 5) is 38.7. The fourth-order valence-corrected chi connectivity index (χ4v) is 5.02. The van der Waals surface area contributed by atoms with Gasteiger partial charge in [-0.1, -0.05) is 18.2 Å². The zero-order valence-electron chi connectivity index (χ0n) is 20.1. The number of piperazine rings is 1. The lowest BCUT2D eigenvalue weighted by Crippen LogP contribution is -2.47. The molecule has 10 heteroatoms. The van der Waals surface area contributed by atoms with Crippen LogP contribution in [0.15, 0.2) is 24.5 Å². The predicted octanol–water partition coefficient (Wildman–Crippen LogP) is 3.11. The monoisotopic (exact) mass is 468 g/mol. The summed E-state index contributed by atoms with van der Waals surface area (Å²) in [7, 11) is 0. The Morgan fingerprint density at radius 1 is 1.00 bits per heavy atom. The van der Waals surface area contributed by atoms with E-state index in [1.807, 2.05) is 9.80 Å². The van der Waals surface area contributed by atoms with Gasteiger partial charge in [-0.05, 0) is 44.7 Å². The molecule has 3 heterocycles. The van der Waals surface area contributed by atoms with Gasteiger partial charge in [-0.2, -0.15) is 0 Å². The molecule has 2 fully saturated rings. The third-order valence-corrected chi connectivity index (χ3v) is 6.72. The number of nitrogens with zero attached hydrogens (tertiary/aromatic N) is 6. The summed E-state index contributed by atoms with van der Waals surface area (Å²) in [5, 5.41) is 12.1. The van der Waals surface area contributed by atoms with Crippen molar-refractivity contribution in [1.29, 1.82) is 0 Å². The Morgan fingerprint density at radius 2 is 1.53 bits per heavy atom. The van der Waals surface area contributed by atoms with Gasteiger partial charge in [-0.25, -0.2) is 9.97 Å². The highest BCUT2D eigenvalue weighted by Gasteiger charge is 2.34. The summed E-state index contributed by atoms with van der Waals surface area (Å²) in [6, 6.07) is 6.29. The van der Waals surface area contributed by atoms with Crippen LogP contribution in [0.2, 0.25) is 0 Å². The fourth-order valence-electron chi connectivity index (χ4n) is 5.02. The standard InChI is InChI=1S/C24H32N6O4/c1-4-34-24(31)19-8-10-28(11-9-19)22-21(30(32)33)23(26-16-25-22)29-14-12-27(13-15-29)20-17(2)6-5-7-18(20)3/h5-7,16,19H,4,8-15H2,1-3H3. The minimum absolute atomic E-state index is 0.0578. The Balaban J connectivity index is 1.50. The van der Waals surface area contributed by atoms with Gasteiger partial charge in [0.25, 0.3) is 0 Å². The van der Waals surface area contributed by atoms with Crippen LogP contribution in [-0.4, -0.2) is 66.7 Å². The molecule has 1 aromatic carbocycles. The van der Waals surface area contributed by atoms with E-state index in [1.165, 1.54) is 23.1 Å². The average Bonchev–Trinajstić information content (AvgIpc) is 2.84. The number of benzene rings is 1. The van der Waals surface area contributed by atoms with E-state index in [0.29, 0.717) is 57.3 Å². The first-order valence-corrected chi connectivity index (χ1v) is 11.9. The van der Waals surface area contributed by atoms with E-state index in [4.69, 9.17) is 4.74 Å². The maximum atomic E-state index is 12.1. The highest BCUT2D eigenvalue weighted by molar-refractivity contribution is 5.74. The second-order valence-electron chi connectivity index (χ2n) is 8.85. The number of aromatic nitrogens is 2. The Morgan fingerprint density at radius 3 is 2.06 bits per heavy atom. The summed E-state index contributed by atoms with van der Waals surface area (Å²) in [6.45, 7) is 10.2. The van der Waals surface area contributed by atoms with Crippen LogP contribution in [0.5, 0.6) is 0 Å². The number of aryl methyl sites for hydroxylation is 2. The van der Waals surface area contributed by atoms with Crippen LogP contribution in [0.25, 0.3) is 0 Å². The summed E-state index contributed by atoms with van der Waals surface area (Å²) < 4.78 is 5.14. The second-order valence-corrected chi connectivity index (χ2v) is 8.85. The Bertz CT molecular complexity index is 1030. The van der Waals surface area contributed by atoms with Gasteiger partial charge in [-0.15, -0.1) is 0 Å². The number of carbonyl (C=O) groups is 1. The summed E-state index contributed by atoms with van der Waals surface area (Å²) in [6.07, 6.45) is 2.58. The van der Waals surface area contributed by atoms with E-state index in [-0.39, 0.29) is 22.5 Å². The molecule has 0 amide bonds. The first kappa shape index (κ1) is 23.7. The molecule has 0 unspecified atom stereocenters. The minimum atomic E-state index is -0.375. The van der Waals surface area contributed by atoms with E-state index in [9.17, 15) is 14.9 Å². The maximum absolute atomic E-state index is 12.1. The molecule has 0 spiro atoms. The summed E-state index contributed by atoms with van der Waals surface area (Å²) in [5.41, 5.74) is 3.65. The number of hydrogen-bond acceptors (Lipinski definition) is 9. The maximum Gasteiger partial charge on any atom is 0.353 e. The molecule has 0 saturated carbocycles. The number of hydrogen-bond donors (Lipinski definition) is 0. The molecule has 1 aromatic heterocycles. The van der Waals surface area contributed by atoms with Gasteiger partial charge in [0.05, 0.1) is 17.4 Å². The van der Waals surface area contributed by atoms with Crippen LogP contribution in [-0.2, 0) is 9.53 Å². The number of carbonyl (C=O) groups excluding carboxylic acids is 1. The number of anilines is 3. The van der Waals surface area contributed by atoms with E-state index in [1.54, 1.807) is 6.92 Å². The van der Waals surface area contributed by atoms with Crippen molar-refractivity contribution >= 4 is 29.0 Å². The average molecular weight is 469 g/mol. The van der Waals surface area contributed by atoms with Crippen molar-refractivity contribution in [2.24, 2.45) is 5.92 Å². The number of ether oxygens (including phenoxy) is 1. The van der Waals surface area contributed by atoms with Crippen molar-refractivity contribution in [2.45, 2.75) is 33.6 Å². The molecule has 2 aliphatic heterocycles. The molecule has 0 bridgehead atoms. The molecular formula is C24H32N6O4. The predicted molar refractivity (Wildman–Crippen MR) is 131 cm³/mol. The topological polar surface area (TPSA) is 105 Å². The summed E-state index contributed by atoms with van der Waals surface area (Å²) >= 11 is 0. The zero-order chi connectivity index (χ0) is 24.2. The first-order valence-electron chi connectivity index (χ1n) is 11.9. The molecule has 2 aromatic rings. The SMILES string of the molecule is CCOC(=O)C1CCN(c2ncnc(N3CCN(c4c(C)cccc4C)CC3)c2[N+](=O)[O-])CC1. The second kappa shape index (κ2) is 10.2. The van der Waals surface area contributed by atoms with Gasteiger partial charge >= 0.3 is 11.7 Å². The third kappa shape index (κ3) is 4.76. The van der Waals surface area contributed by atoms with Gasteiger partial charge in [-0.3, -0.25) is 14.9 Å². The fraction of sp³-hybridized carbons (Fsp3) is 0.542. The number of esters is 1. The first-order chi connectivity index (χ1) is 16.4. The van der Waals surface area contributed by atoms with Crippen LogP contribution in [0, 0.1) is 29.9 Å². The minimum Gasteiger partial charge on any atom is -0.466 e. The lowest BCUT2D eigenvalue weighted by molar-refractivity contribution is -0.383. The number of piperidine rings is 1. The largest absolute Gasteiger partial charge is 0.466 e. The Hall–Kier alpha value is -3.43. The number of nitro groups is 1. The van der Waals surface area contributed by atoms with Crippen LogP contribution in [0.1, 0.15) is 30.9 Å². The van der Waals surface area contributed by atoms with Gasteiger partial charge in [0, 0.05) is 45.0 Å². The van der Waals surface area contributed by atoms with Gasteiger partial charge in [0.1, 0.15) is 6.33 Å². The molecule has 10 nitrogen and oxygen atoms in total. The third-order valence-electron chi connectivity index (χ3n) is 6.72. The van der Waals surface area contributed by atoms with Gasteiger partial charge < -0.3 is 19.4 Å². The lowest BCUT2D eigenvalue weighted by Gasteiger charge is -2.38. The molecule has 0 N–H and O–H groups in total. The van der Waals surface area contributed by atoms with Crippen molar-refractivity contribution in [3.8, 4) is 0 Å². The smallest absolute Gasteiger partial charge is 0.353 e.